The van der Waals surface area contributed by atoms with Crippen LogP contribution in [0.5, 0.6) is 5.75 Å². The smallest absolute Gasteiger partial charge is 0.243 e. The molecule has 2 atom stereocenters. The minimum absolute atomic E-state index is 0. The number of hydrogen-bond acceptors (Lipinski definition) is 4. The fourth-order valence-electron chi connectivity index (χ4n) is 4.02. The average Bonchev–Trinajstić information content (AvgIpc) is 3.52. The third-order valence-corrected chi connectivity index (χ3v) is 5.93. The lowest BCUT2D eigenvalue weighted by atomic mass is 10.0. The molecular formula is C22H32IN5O3. The summed E-state index contributed by atoms with van der Waals surface area (Å²) < 4.78 is 5.75. The van der Waals surface area contributed by atoms with Crippen LogP contribution in [0, 0.1) is 5.92 Å². The van der Waals surface area contributed by atoms with E-state index < -0.39 is 0 Å². The Morgan fingerprint density at radius 3 is 2.77 bits per heavy atom. The van der Waals surface area contributed by atoms with Gasteiger partial charge in [0.05, 0.1) is 12.6 Å². The second-order valence-corrected chi connectivity index (χ2v) is 8.55. The van der Waals surface area contributed by atoms with Crippen LogP contribution in [0.25, 0.3) is 0 Å². The first-order valence-corrected chi connectivity index (χ1v) is 10.8. The van der Waals surface area contributed by atoms with Crippen LogP contribution >= 0.6 is 24.0 Å². The van der Waals surface area contributed by atoms with Crippen LogP contribution < -0.4 is 15.4 Å². The van der Waals surface area contributed by atoms with E-state index in [9.17, 15) is 9.59 Å². The molecule has 9 heteroatoms. The van der Waals surface area contributed by atoms with Gasteiger partial charge in [0.2, 0.25) is 11.8 Å². The third-order valence-electron chi connectivity index (χ3n) is 5.93. The number of nitrogens with zero attached hydrogens (tertiary/aromatic N) is 3. The van der Waals surface area contributed by atoms with Gasteiger partial charge in [0, 0.05) is 57.5 Å². The number of ether oxygens (including phenoxy) is 1. The van der Waals surface area contributed by atoms with Crippen molar-refractivity contribution in [3.8, 4) is 5.75 Å². The highest BCUT2D eigenvalue weighted by Crippen LogP contribution is 2.33. The summed E-state index contributed by atoms with van der Waals surface area (Å²) >= 11 is 0. The molecule has 0 bridgehead atoms. The van der Waals surface area contributed by atoms with Crippen molar-refractivity contribution < 1.29 is 14.3 Å². The van der Waals surface area contributed by atoms with Gasteiger partial charge in [0.25, 0.3) is 0 Å². The number of carbonyl (C=O) groups excluding carboxylic acids is 2. The first-order valence-electron chi connectivity index (χ1n) is 10.8. The van der Waals surface area contributed by atoms with Crippen LogP contribution in [0.4, 0.5) is 0 Å². The van der Waals surface area contributed by atoms with Gasteiger partial charge in [-0.15, -0.1) is 24.0 Å². The Hall–Kier alpha value is -2.04. The number of nitrogens with one attached hydrogen (secondary N) is 2. The summed E-state index contributed by atoms with van der Waals surface area (Å²) in [5.41, 5.74) is 1.09. The molecular weight excluding hydrogens is 509 g/mol. The summed E-state index contributed by atoms with van der Waals surface area (Å²) in [6.07, 6.45) is 3.66. The Balaban J connectivity index is 0.00000272. The van der Waals surface area contributed by atoms with Gasteiger partial charge in [0.15, 0.2) is 5.96 Å². The number of carbonyl (C=O) groups is 2. The highest BCUT2D eigenvalue weighted by atomic mass is 127. The molecule has 2 amide bonds. The highest BCUT2D eigenvalue weighted by molar-refractivity contribution is 14.0. The zero-order chi connectivity index (χ0) is 21.1. The zero-order valence-electron chi connectivity index (χ0n) is 18.2. The molecule has 0 spiro atoms. The van der Waals surface area contributed by atoms with Crippen molar-refractivity contribution >= 4 is 41.8 Å². The van der Waals surface area contributed by atoms with Gasteiger partial charge in [-0.25, -0.2) is 4.99 Å². The van der Waals surface area contributed by atoms with Crippen molar-refractivity contribution in [3.05, 3.63) is 29.8 Å². The summed E-state index contributed by atoms with van der Waals surface area (Å²) in [7, 11) is 3.45. The van der Waals surface area contributed by atoms with Gasteiger partial charge in [-0.1, -0.05) is 18.2 Å². The largest absolute Gasteiger partial charge is 0.493 e. The number of amides is 2. The maximum absolute atomic E-state index is 12.2. The van der Waals surface area contributed by atoms with E-state index in [-0.39, 0.29) is 54.3 Å². The first kappa shape index (κ1) is 23.6. The van der Waals surface area contributed by atoms with Crippen molar-refractivity contribution in [1.82, 2.24) is 20.4 Å². The van der Waals surface area contributed by atoms with E-state index in [2.05, 4.69) is 21.7 Å². The van der Waals surface area contributed by atoms with E-state index in [1.807, 2.05) is 23.1 Å². The Morgan fingerprint density at radius 1 is 1.26 bits per heavy atom. The third kappa shape index (κ3) is 6.02. The molecule has 2 unspecified atom stereocenters. The second-order valence-electron chi connectivity index (χ2n) is 8.55. The van der Waals surface area contributed by atoms with Crippen LogP contribution in [0.2, 0.25) is 0 Å². The lowest BCUT2D eigenvalue weighted by Crippen LogP contribution is -2.43. The number of likely N-dealkylation sites (N-methyl/N-ethyl adjacent to an activating group) is 1. The first-order chi connectivity index (χ1) is 14.5. The number of fused-ring (bicyclic) bond motifs is 1. The van der Waals surface area contributed by atoms with Crippen LogP contribution in [0.15, 0.2) is 29.3 Å². The quantitative estimate of drug-likeness (QED) is 0.326. The zero-order valence-corrected chi connectivity index (χ0v) is 20.5. The molecule has 2 N–H and O–H groups in total. The van der Waals surface area contributed by atoms with Gasteiger partial charge in [-0.3, -0.25) is 9.59 Å². The van der Waals surface area contributed by atoms with Crippen molar-refractivity contribution in [2.24, 2.45) is 10.9 Å². The normalized spacial score (nSPS) is 22.8. The minimum Gasteiger partial charge on any atom is -0.493 e. The predicted octanol–water partition coefficient (Wildman–Crippen LogP) is 1.76. The fourth-order valence-corrected chi connectivity index (χ4v) is 4.02. The van der Waals surface area contributed by atoms with E-state index in [0.717, 1.165) is 37.1 Å². The summed E-state index contributed by atoms with van der Waals surface area (Å²) in [5, 5.41) is 6.86. The molecule has 8 nitrogen and oxygen atoms in total. The molecule has 4 rings (SSSR count). The summed E-state index contributed by atoms with van der Waals surface area (Å²) in [6, 6.07) is 8.51. The Morgan fingerprint density at radius 2 is 2.03 bits per heavy atom. The number of likely N-dealkylation sites (tertiary alicyclic amines) is 1. The number of aliphatic imine (C=N–C) groups is 1. The van der Waals surface area contributed by atoms with E-state index in [0.29, 0.717) is 31.6 Å². The lowest BCUT2D eigenvalue weighted by molar-refractivity contribution is -0.128. The Labute approximate surface area is 200 Å². The highest BCUT2D eigenvalue weighted by Gasteiger charge is 2.39. The van der Waals surface area contributed by atoms with Gasteiger partial charge in [0.1, 0.15) is 12.3 Å². The van der Waals surface area contributed by atoms with Gasteiger partial charge in [-0.05, 0) is 18.9 Å². The number of benzene rings is 1. The van der Waals surface area contributed by atoms with Crippen molar-refractivity contribution in [2.75, 3.05) is 40.3 Å². The van der Waals surface area contributed by atoms with E-state index in [4.69, 9.17) is 4.74 Å². The lowest BCUT2D eigenvalue weighted by Gasteiger charge is -2.28. The van der Waals surface area contributed by atoms with E-state index >= 15 is 0 Å². The van der Waals surface area contributed by atoms with Crippen LogP contribution in [0.1, 0.15) is 37.3 Å². The molecule has 2 heterocycles. The molecule has 1 saturated heterocycles. The minimum atomic E-state index is -0.0561. The molecule has 0 aromatic heterocycles. The average molecular weight is 541 g/mol. The summed E-state index contributed by atoms with van der Waals surface area (Å²) in [6.45, 7) is 2.17. The van der Waals surface area contributed by atoms with E-state index in [1.54, 1.807) is 14.1 Å². The molecule has 1 aromatic rings. The maximum Gasteiger partial charge on any atom is 0.243 e. The second kappa shape index (κ2) is 10.5. The van der Waals surface area contributed by atoms with E-state index in [1.165, 1.54) is 4.90 Å². The predicted molar refractivity (Wildman–Crippen MR) is 130 cm³/mol. The Kier molecular flexibility index (Phi) is 8.01. The van der Waals surface area contributed by atoms with Crippen LogP contribution in [0.3, 0.4) is 0 Å². The molecule has 3 aliphatic rings. The summed E-state index contributed by atoms with van der Waals surface area (Å²) in [5.74, 6) is 1.95. The molecule has 1 aromatic carbocycles. The number of guanidine groups is 1. The molecule has 2 aliphatic heterocycles. The number of para-hydroxylation sites is 1. The van der Waals surface area contributed by atoms with Gasteiger partial charge in [-0.2, -0.15) is 0 Å². The van der Waals surface area contributed by atoms with Gasteiger partial charge < -0.3 is 25.2 Å². The number of hydrogen-bond donors (Lipinski definition) is 2. The molecule has 170 valence electrons. The maximum atomic E-state index is 12.2. The van der Waals surface area contributed by atoms with Crippen molar-refractivity contribution in [1.29, 1.82) is 0 Å². The van der Waals surface area contributed by atoms with Crippen LogP contribution in [-0.2, 0) is 9.59 Å². The molecule has 1 saturated carbocycles. The Bertz CT molecular complexity index is 827. The summed E-state index contributed by atoms with van der Waals surface area (Å²) in [4.78, 5) is 32.4. The van der Waals surface area contributed by atoms with Crippen LogP contribution in [-0.4, -0.2) is 74.0 Å². The molecule has 0 radical (unpaired) electrons. The van der Waals surface area contributed by atoms with Crippen molar-refractivity contribution in [2.45, 2.75) is 37.8 Å². The SMILES string of the molecule is CN(C)C(=O)CN=C(NCC1CC(=O)N(C2CC2)C1)NC1CCOc2ccccc21.I. The molecule has 1 aliphatic carbocycles. The topological polar surface area (TPSA) is 86.3 Å². The van der Waals surface area contributed by atoms with Gasteiger partial charge >= 0.3 is 0 Å². The number of halogens is 1. The molecule has 2 fully saturated rings. The number of rotatable bonds is 6. The molecule has 31 heavy (non-hydrogen) atoms. The van der Waals surface area contributed by atoms with Crippen molar-refractivity contribution in [3.63, 3.8) is 0 Å². The fraction of sp³-hybridized carbons (Fsp3) is 0.591. The standard InChI is InChI=1S/C22H31N5O3.HI/c1-26(2)21(29)13-24-22(23-12-15-11-20(28)27(14-15)16-7-8-16)25-18-9-10-30-19-6-4-3-5-17(18)19;/h3-6,15-16,18H,7-14H2,1-2H3,(H2,23,24,25);1H. The monoisotopic (exact) mass is 541 g/mol.